The van der Waals surface area contributed by atoms with E-state index in [-0.39, 0.29) is 24.2 Å². The smallest absolute Gasteiger partial charge is 0.323 e. The molecule has 5 nitrogen and oxygen atoms in total. The number of carbonyl (C=O) groups excluding carboxylic acids is 2. The van der Waals surface area contributed by atoms with E-state index in [1.54, 1.807) is 31.3 Å². The Bertz CT molecular complexity index is 806. The van der Waals surface area contributed by atoms with Crippen molar-refractivity contribution in [3.8, 4) is 0 Å². The molecule has 3 amide bonds. The van der Waals surface area contributed by atoms with Gasteiger partial charge in [-0.15, -0.1) is 0 Å². The first kappa shape index (κ1) is 15.4. The van der Waals surface area contributed by atoms with Crippen molar-refractivity contribution < 1.29 is 14.0 Å². The maximum Gasteiger partial charge on any atom is 0.325 e. The van der Waals surface area contributed by atoms with E-state index in [1.807, 2.05) is 13.8 Å². The van der Waals surface area contributed by atoms with Crippen LogP contribution in [0.5, 0.6) is 0 Å². The second kappa shape index (κ2) is 5.30. The van der Waals surface area contributed by atoms with Crippen LogP contribution in [0.25, 0.3) is 10.9 Å². The van der Waals surface area contributed by atoms with Gasteiger partial charge in [-0.2, -0.15) is 0 Å². The summed E-state index contributed by atoms with van der Waals surface area (Å²) in [6.07, 6.45) is 1.56. The van der Waals surface area contributed by atoms with Crippen LogP contribution >= 0.6 is 0 Å². The molecule has 3 rings (SSSR count). The Balaban J connectivity index is 1.99. The summed E-state index contributed by atoms with van der Waals surface area (Å²) in [5, 5.41) is 3.13. The number of urea groups is 1. The number of aromatic nitrogens is 1. The summed E-state index contributed by atoms with van der Waals surface area (Å²) >= 11 is 0. The summed E-state index contributed by atoms with van der Waals surface area (Å²) in [5.41, 5.74) is 0.185. The van der Waals surface area contributed by atoms with Gasteiger partial charge in [-0.05, 0) is 36.6 Å². The van der Waals surface area contributed by atoms with Crippen LogP contribution in [0.1, 0.15) is 26.3 Å². The molecular formula is C17H18FN3O2. The first-order valence-corrected chi connectivity index (χ1v) is 7.51. The van der Waals surface area contributed by atoms with Crippen molar-refractivity contribution >= 4 is 22.8 Å². The molecule has 0 saturated carbocycles. The largest absolute Gasteiger partial charge is 0.325 e. The lowest BCUT2D eigenvalue weighted by Gasteiger charge is -2.25. The minimum atomic E-state index is -0.916. The summed E-state index contributed by atoms with van der Waals surface area (Å²) in [6.45, 7) is 5.56. The third kappa shape index (κ3) is 2.34. The van der Waals surface area contributed by atoms with Crippen LogP contribution < -0.4 is 5.32 Å². The average Bonchev–Trinajstić information content (AvgIpc) is 2.74. The molecule has 0 bridgehead atoms. The molecule has 1 unspecified atom stereocenters. The Kier molecular flexibility index (Phi) is 3.55. The molecule has 1 fully saturated rings. The Hall–Kier alpha value is -2.50. The fourth-order valence-corrected chi connectivity index (χ4v) is 2.74. The Morgan fingerprint density at radius 1 is 1.30 bits per heavy atom. The summed E-state index contributed by atoms with van der Waals surface area (Å²) in [6, 6.07) is 5.75. The van der Waals surface area contributed by atoms with Gasteiger partial charge in [0.15, 0.2) is 0 Å². The third-order valence-corrected chi connectivity index (χ3v) is 4.58. The van der Waals surface area contributed by atoms with Gasteiger partial charge in [0.2, 0.25) is 0 Å². The molecular weight excluding hydrogens is 297 g/mol. The minimum Gasteiger partial charge on any atom is -0.323 e. The lowest BCUT2D eigenvalue weighted by molar-refractivity contribution is -0.132. The highest BCUT2D eigenvalue weighted by molar-refractivity contribution is 6.07. The zero-order valence-corrected chi connectivity index (χ0v) is 13.3. The highest BCUT2D eigenvalue weighted by Crippen LogP contribution is 2.28. The Morgan fingerprint density at radius 2 is 2.04 bits per heavy atom. The molecule has 6 heteroatoms. The number of carbonyl (C=O) groups is 2. The minimum absolute atomic E-state index is 0.0352. The molecule has 1 atom stereocenters. The number of imide groups is 1. The molecule has 1 aromatic heterocycles. The monoisotopic (exact) mass is 315 g/mol. The van der Waals surface area contributed by atoms with Gasteiger partial charge < -0.3 is 5.32 Å². The average molecular weight is 315 g/mol. The predicted octanol–water partition coefficient (Wildman–Crippen LogP) is 2.84. The number of fused-ring (bicyclic) bond motifs is 1. The van der Waals surface area contributed by atoms with Gasteiger partial charge in [0.25, 0.3) is 5.91 Å². The van der Waals surface area contributed by atoms with Crippen molar-refractivity contribution in [1.29, 1.82) is 0 Å². The fourth-order valence-electron chi connectivity index (χ4n) is 2.74. The van der Waals surface area contributed by atoms with Gasteiger partial charge in [0, 0.05) is 11.6 Å². The molecule has 2 heterocycles. The lowest BCUT2D eigenvalue weighted by Crippen LogP contribution is -2.48. The number of halogens is 1. The molecule has 1 aliphatic heterocycles. The molecule has 0 spiro atoms. The van der Waals surface area contributed by atoms with E-state index in [4.69, 9.17) is 0 Å². The number of pyridine rings is 1. The quantitative estimate of drug-likeness (QED) is 0.886. The highest BCUT2D eigenvalue weighted by atomic mass is 19.1. The lowest BCUT2D eigenvalue weighted by atomic mass is 9.88. The van der Waals surface area contributed by atoms with Crippen LogP contribution in [0.4, 0.5) is 9.18 Å². The van der Waals surface area contributed by atoms with Gasteiger partial charge in [-0.3, -0.25) is 14.7 Å². The first-order chi connectivity index (χ1) is 10.8. The van der Waals surface area contributed by atoms with E-state index >= 15 is 0 Å². The number of hydrogen-bond acceptors (Lipinski definition) is 3. The van der Waals surface area contributed by atoms with Crippen LogP contribution in [0.2, 0.25) is 0 Å². The van der Waals surface area contributed by atoms with E-state index in [0.29, 0.717) is 16.5 Å². The molecule has 2 aromatic rings. The van der Waals surface area contributed by atoms with Crippen molar-refractivity contribution in [2.24, 2.45) is 5.92 Å². The normalized spacial score (nSPS) is 21.3. The number of rotatable bonds is 3. The number of nitrogens with zero attached hydrogens (tertiary/aromatic N) is 2. The summed E-state index contributed by atoms with van der Waals surface area (Å²) < 4.78 is 13.9. The van der Waals surface area contributed by atoms with Gasteiger partial charge in [0.05, 0.1) is 12.1 Å². The summed E-state index contributed by atoms with van der Waals surface area (Å²) in [5.74, 6) is -0.681. The number of hydrogen-bond donors (Lipinski definition) is 1. The first-order valence-electron chi connectivity index (χ1n) is 7.51. The molecule has 1 N–H and O–H groups in total. The van der Waals surface area contributed by atoms with Crippen LogP contribution in [0.3, 0.4) is 0 Å². The van der Waals surface area contributed by atoms with E-state index in [9.17, 15) is 14.0 Å². The molecule has 1 saturated heterocycles. The Morgan fingerprint density at radius 3 is 2.70 bits per heavy atom. The second-order valence-corrected chi connectivity index (χ2v) is 6.28. The van der Waals surface area contributed by atoms with Crippen LogP contribution in [-0.4, -0.2) is 27.4 Å². The van der Waals surface area contributed by atoms with Crippen LogP contribution in [0.15, 0.2) is 30.5 Å². The van der Waals surface area contributed by atoms with Crippen molar-refractivity contribution in [3.63, 3.8) is 0 Å². The van der Waals surface area contributed by atoms with E-state index in [0.717, 1.165) is 0 Å². The zero-order chi connectivity index (χ0) is 16.8. The molecule has 120 valence electrons. The highest BCUT2D eigenvalue weighted by Gasteiger charge is 2.49. The van der Waals surface area contributed by atoms with Gasteiger partial charge >= 0.3 is 6.03 Å². The molecule has 23 heavy (non-hydrogen) atoms. The molecule has 1 aromatic carbocycles. The van der Waals surface area contributed by atoms with Gasteiger partial charge in [-0.25, -0.2) is 9.18 Å². The predicted molar refractivity (Wildman–Crippen MR) is 84.0 cm³/mol. The SMILES string of the molecule is CC(C)C1(C)NC(=O)N(Cc2ccc(F)c3cccnc23)C1=O. The second-order valence-electron chi connectivity index (χ2n) is 6.28. The number of benzene rings is 1. The molecule has 1 aliphatic rings. The van der Waals surface area contributed by atoms with Crippen molar-refractivity contribution in [1.82, 2.24) is 15.2 Å². The van der Waals surface area contributed by atoms with Crippen LogP contribution in [0, 0.1) is 11.7 Å². The summed E-state index contributed by atoms with van der Waals surface area (Å²) in [4.78, 5) is 30.2. The van der Waals surface area contributed by atoms with Crippen molar-refractivity contribution in [2.75, 3.05) is 0 Å². The number of amides is 3. The van der Waals surface area contributed by atoms with Crippen LogP contribution in [-0.2, 0) is 11.3 Å². The summed E-state index contributed by atoms with van der Waals surface area (Å²) in [7, 11) is 0. The zero-order valence-electron chi connectivity index (χ0n) is 13.3. The third-order valence-electron chi connectivity index (χ3n) is 4.58. The standard InChI is InChI=1S/C17H18FN3O2/c1-10(2)17(3)15(22)21(16(23)20-17)9-11-6-7-13(18)12-5-4-8-19-14(11)12/h4-8,10H,9H2,1-3H3,(H,20,23). The number of nitrogens with one attached hydrogen (secondary N) is 1. The topological polar surface area (TPSA) is 62.3 Å². The van der Waals surface area contributed by atoms with Crippen molar-refractivity contribution in [2.45, 2.75) is 32.9 Å². The van der Waals surface area contributed by atoms with E-state index < -0.39 is 11.6 Å². The van der Waals surface area contributed by atoms with Crippen molar-refractivity contribution in [3.05, 3.63) is 41.8 Å². The maximum absolute atomic E-state index is 13.9. The molecule has 0 aliphatic carbocycles. The van der Waals surface area contributed by atoms with Gasteiger partial charge in [0.1, 0.15) is 11.4 Å². The molecule has 0 radical (unpaired) electrons. The Labute approximate surface area is 133 Å². The van der Waals surface area contributed by atoms with Gasteiger partial charge in [-0.1, -0.05) is 19.9 Å². The maximum atomic E-state index is 13.9. The van der Waals surface area contributed by atoms with E-state index in [2.05, 4.69) is 10.3 Å². The van der Waals surface area contributed by atoms with E-state index in [1.165, 1.54) is 11.0 Å². The fraction of sp³-hybridized carbons (Fsp3) is 0.353.